The van der Waals surface area contributed by atoms with Crippen molar-refractivity contribution in [1.29, 1.82) is 0 Å². The van der Waals surface area contributed by atoms with Crippen LogP contribution in [-0.2, 0) is 4.79 Å². The van der Waals surface area contributed by atoms with Gasteiger partial charge in [0.2, 0.25) is 0 Å². The Morgan fingerprint density at radius 3 is 2.67 bits per heavy atom. The van der Waals surface area contributed by atoms with Crippen molar-refractivity contribution in [1.82, 2.24) is 9.29 Å². The molecule has 2 aliphatic heterocycles. The lowest BCUT2D eigenvalue weighted by molar-refractivity contribution is -0.132. The van der Waals surface area contributed by atoms with Gasteiger partial charge in [0.05, 0.1) is 11.1 Å². The number of hydrogen-bond acceptors (Lipinski definition) is 3. The van der Waals surface area contributed by atoms with E-state index < -0.39 is 11.9 Å². The maximum atomic E-state index is 10.9. The first kappa shape index (κ1) is 10.7. The summed E-state index contributed by atoms with van der Waals surface area (Å²) in [5.74, 6) is -1.88. The largest absolute Gasteiger partial charge is 0.478 e. The van der Waals surface area contributed by atoms with Gasteiger partial charge in [-0.25, -0.2) is 9.59 Å². The molecule has 6 nitrogen and oxygen atoms in total. The average Bonchev–Trinajstić information content (AvgIpc) is 2.87. The van der Waals surface area contributed by atoms with Crippen LogP contribution >= 0.6 is 0 Å². The smallest absolute Gasteiger partial charge is 0.361 e. The molecule has 90 valence electrons. The van der Waals surface area contributed by atoms with Crippen molar-refractivity contribution in [3.8, 4) is 0 Å². The number of allylic oxidation sites excluding steroid dienone is 1. The van der Waals surface area contributed by atoms with Gasteiger partial charge in [0.25, 0.3) is 0 Å². The molecule has 18 heavy (non-hydrogen) atoms. The van der Waals surface area contributed by atoms with Crippen LogP contribution in [0.3, 0.4) is 0 Å². The second-order valence-electron chi connectivity index (χ2n) is 4.31. The highest BCUT2D eigenvalue weighted by Gasteiger charge is 2.27. The van der Waals surface area contributed by atoms with Crippen LogP contribution in [0, 0.1) is 0 Å². The predicted molar refractivity (Wildman–Crippen MR) is 64.3 cm³/mol. The third-order valence-corrected chi connectivity index (χ3v) is 3.12. The zero-order chi connectivity index (χ0) is 12.9. The molecule has 0 fully saturated rings. The van der Waals surface area contributed by atoms with Gasteiger partial charge in [0.1, 0.15) is 0 Å². The fourth-order valence-corrected chi connectivity index (χ4v) is 2.23. The van der Waals surface area contributed by atoms with E-state index in [1.165, 1.54) is 0 Å². The van der Waals surface area contributed by atoms with Crippen LogP contribution in [0.1, 0.15) is 16.1 Å². The van der Waals surface area contributed by atoms with Crippen LogP contribution in [0.15, 0.2) is 29.6 Å². The van der Waals surface area contributed by atoms with Crippen LogP contribution in [0.5, 0.6) is 0 Å². The SMILES string of the molecule is O=C(O)C1=CC2=Cc3cc(C(=O)O)cn3BN2C1. The van der Waals surface area contributed by atoms with E-state index >= 15 is 0 Å². The van der Waals surface area contributed by atoms with Crippen molar-refractivity contribution in [3.63, 3.8) is 0 Å². The molecule has 0 unspecified atom stereocenters. The number of nitrogens with zero attached hydrogens (tertiary/aromatic N) is 2. The molecule has 1 aromatic heterocycles. The molecule has 3 rings (SSSR count). The van der Waals surface area contributed by atoms with Gasteiger partial charge >= 0.3 is 19.5 Å². The molecule has 0 bridgehead atoms. The molecule has 0 spiro atoms. The van der Waals surface area contributed by atoms with Crippen molar-refractivity contribution in [2.45, 2.75) is 0 Å². The Hall–Kier alpha value is -2.44. The third kappa shape index (κ3) is 1.52. The Kier molecular flexibility index (Phi) is 2.10. The van der Waals surface area contributed by atoms with Crippen molar-refractivity contribution in [2.24, 2.45) is 0 Å². The molecule has 0 saturated heterocycles. The number of carboxylic acid groups (broad SMARTS) is 2. The molecule has 0 atom stereocenters. The summed E-state index contributed by atoms with van der Waals surface area (Å²) >= 11 is 0. The normalized spacial score (nSPS) is 16.3. The van der Waals surface area contributed by atoms with E-state index in [9.17, 15) is 9.59 Å². The number of aliphatic carboxylic acids is 1. The van der Waals surface area contributed by atoms with E-state index in [2.05, 4.69) is 0 Å². The average molecular weight is 244 g/mol. The van der Waals surface area contributed by atoms with Gasteiger partial charge in [-0.1, -0.05) is 0 Å². The molecular weight excluding hydrogens is 235 g/mol. The monoisotopic (exact) mass is 244 g/mol. The highest BCUT2D eigenvalue weighted by molar-refractivity contribution is 6.33. The standard InChI is InChI=1S/C11H9BN2O4/c15-10(16)6-1-8-3-9-2-7(11(17)18)5-14(9)12-13(8)4-6/h1-4,12H,5H2,(H,15,16)(H,17,18). The third-order valence-electron chi connectivity index (χ3n) is 3.12. The minimum atomic E-state index is -0.961. The van der Waals surface area contributed by atoms with Crippen LogP contribution in [0.2, 0.25) is 0 Å². The van der Waals surface area contributed by atoms with Crippen LogP contribution in [0.25, 0.3) is 6.08 Å². The molecule has 0 amide bonds. The predicted octanol–water partition coefficient (Wildman–Crippen LogP) is -0.0180. The van der Waals surface area contributed by atoms with E-state index in [-0.39, 0.29) is 5.56 Å². The van der Waals surface area contributed by atoms with Crippen molar-refractivity contribution in [2.75, 3.05) is 6.54 Å². The first-order valence-electron chi connectivity index (χ1n) is 5.38. The second-order valence-corrected chi connectivity index (χ2v) is 4.31. The number of rotatable bonds is 2. The van der Waals surface area contributed by atoms with Crippen LogP contribution in [0.4, 0.5) is 0 Å². The number of fused-ring (bicyclic) bond motifs is 2. The first-order valence-corrected chi connectivity index (χ1v) is 5.38. The fourth-order valence-electron chi connectivity index (χ4n) is 2.23. The molecule has 2 N–H and O–H groups in total. The van der Waals surface area contributed by atoms with Crippen molar-refractivity contribution < 1.29 is 19.8 Å². The highest BCUT2D eigenvalue weighted by atomic mass is 16.4. The molecule has 7 heteroatoms. The van der Waals surface area contributed by atoms with Gasteiger partial charge in [-0.15, -0.1) is 0 Å². The van der Waals surface area contributed by atoms with E-state index in [4.69, 9.17) is 10.2 Å². The molecule has 1 aromatic rings. The van der Waals surface area contributed by atoms with E-state index in [1.54, 1.807) is 28.9 Å². The summed E-state index contributed by atoms with van der Waals surface area (Å²) in [4.78, 5) is 23.7. The topological polar surface area (TPSA) is 82.8 Å². The van der Waals surface area contributed by atoms with Crippen LogP contribution < -0.4 is 0 Å². The van der Waals surface area contributed by atoms with E-state index in [1.807, 2.05) is 4.81 Å². The number of aromatic nitrogens is 1. The van der Waals surface area contributed by atoms with Crippen molar-refractivity contribution in [3.05, 3.63) is 40.9 Å². The molecular formula is C11H9BN2O4. The summed E-state index contributed by atoms with van der Waals surface area (Å²) < 4.78 is 1.80. The summed E-state index contributed by atoms with van der Waals surface area (Å²) in [5, 5.41) is 17.9. The Balaban J connectivity index is 1.99. The lowest BCUT2D eigenvalue weighted by atomic mass is 10.0. The number of carboxylic acids is 2. The van der Waals surface area contributed by atoms with Gasteiger partial charge < -0.3 is 19.5 Å². The quantitative estimate of drug-likeness (QED) is 0.714. The molecule has 0 saturated carbocycles. The molecule has 3 heterocycles. The molecule has 0 aliphatic carbocycles. The minimum absolute atomic E-state index is 0.241. The Morgan fingerprint density at radius 2 is 2.00 bits per heavy atom. The molecule has 0 radical (unpaired) electrons. The van der Waals surface area contributed by atoms with E-state index in [0.29, 0.717) is 19.7 Å². The second kappa shape index (κ2) is 3.53. The molecule has 0 aromatic carbocycles. The molecule has 2 aliphatic rings. The summed E-state index contributed by atoms with van der Waals surface area (Å²) in [5.41, 5.74) is 2.19. The van der Waals surface area contributed by atoms with Crippen molar-refractivity contribution >= 4 is 25.6 Å². The lowest BCUT2D eigenvalue weighted by Crippen LogP contribution is -2.33. The summed E-state index contributed by atoms with van der Waals surface area (Å²) in [6, 6.07) is 1.58. The number of aromatic carboxylic acids is 1. The summed E-state index contributed by atoms with van der Waals surface area (Å²) in [6.07, 6.45) is 4.98. The van der Waals surface area contributed by atoms with E-state index in [0.717, 1.165) is 11.4 Å². The van der Waals surface area contributed by atoms with Gasteiger partial charge in [0, 0.05) is 24.1 Å². The maximum Gasteiger partial charge on any atom is 0.361 e. The number of carbonyl (C=O) groups is 2. The zero-order valence-corrected chi connectivity index (χ0v) is 9.33. The summed E-state index contributed by atoms with van der Waals surface area (Å²) in [7, 11) is 0.474. The fraction of sp³-hybridized carbons (Fsp3) is 0.0909. The summed E-state index contributed by atoms with van der Waals surface area (Å²) in [6.45, 7) is 0.348. The van der Waals surface area contributed by atoms with Gasteiger partial charge in [-0.3, -0.25) is 0 Å². The Bertz CT molecular complexity index is 629. The maximum absolute atomic E-state index is 10.9. The first-order chi connectivity index (χ1) is 8.54. The Labute approximate surface area is 103 Å². The van der Waals surface area contributed by atoms with Gasteiger partial charge in [-0.05, 0) is 18.2 Å². The number of hydrogen-bond donors (Lipinski definition) is 2. The van der Waals surface area contributed by atoms with Gasteiger partial charge in [-0.2, -0.15) is 0 Å². The lowest BCUT2D eigenvalue weighted by Gasteiger charge is -2.24. The van der Waals surface area contributed by atoms with Crippen LogP contribution in [-0.4, -0.2) is 45.5 Å². The minimum Gasteiger partial charge on any atom is -0.478 e. The highest BCUT2D eigenvalue weighted by Crippen LogP contribution is 2.26. The van der Waals surface area contributed by atoms with Gasteiger partial charge in [0.15, 0.2) is 0 Å². The zero-order valence-electron chi connectivity index (χ0n) is 9.33. The Morgan fingerprint density at radius 1 is 1.22 bits per heavy atom.